The average molecular weight is 542 g/mol. The first-order chi connectivity index (χ1) is 14.1. The van der Waals surface area contributed by atoms with Gasteiger partial charge in [0.05, 0.1) is 0 Å². The van der Waals surface area contributed by atoms with Gasteiger partial charge in [0.1, 0.15) is 6.61 Å². The van der Waals surface area contributed by atoms with Crippen LogP contribution < -0.4 is 10.1 Å². The number of nitrogens with zero attached hydrogens (tertiary/aromatic N) is 2. The number of likely N-dealkylation sites (N-methyl/N-ethyl adjacent to an activating group) is 1. The number of ether oxygens (including phenoxy) is 1. The minimum absolute atomic E-state index is 0. The van der Waals surface area contributed by atoms with Crippen LogP contribution in [0.1, 0.15) is 17.3 Å². The summed E-state index contributed by atoms with van der Waals surface area (Å²) in [5.74, 6) is -0.536. The van der Waals surface area contributed by atoms with Gasteiger partial charge in [0.25, 0.3) is 11.9 Å². The van der Waals surface area contributed by atoms with Gasteiger partial charge in [-0.2, -0.15) is 4.39 Å². The monoisotopic (exact) mass is 541 g/mol. The van der Waals surface area contributed by atoms with Crippen molar-refractivity contribution in [1.82, 2.24) is 15.2 Å². The number of benzene rings is 2. The standard InChI is InChI=1S/C22H23FIN3O2.ClH/c1-2-27(12-13-29-20-4-3-9-25-21(20)23)11-10-26-22(28)18-6-5-17-15-19(24)8-7-16(17)14-18;/h3-9,14-15H,2,10-13H2,1H3,(H,26,28);1H/i24-2;. The second kappa shape index (κ2) is 12.0. The third-order valence-electron chi connectivity index (χ3n) is 4.62. The van der Waals surface area contributed by atoms with Crippen LogP contribution in [0.25, 0.3) is 10.8 Å². The van der Waals surface area contributed by atoms with Crippen molar-refractivity contribution in [2.75, 3.05) is 32.8 Å². The van der Waals surface area contributed by atoms with E-state index in [1.54, 1.807) is 12.1 Å². The Hall–Kier alpha value is -1.97. The number of amides is 1. The number of nitrogens with one attached hydrogen (secondary N) is 1. The molecular formula is C22H24ClFIN3O2. The summed E-state index contributed by atoms with van der Waals surface area (Å²) in [5, 5.41) is 5.13. The smallest absolute Gasteiger partial charge is 0.255 e. The molecule has 2 aromatic carbocycles. The highest BCUT2D eigenvalue weighted by atomic mass is 125. The number of carbonyl (C=O) groups excluding carboxylic acids is 1. The lowest BCUT2D eigenvalue weighted by atomic mass is 10.1. The Bertz CT molecular complexity index is 990. The van der Waals surface area contributed by atoms with Gasteiger partial charge in [-0.05, 0) is 76.3 Å². The molecule has 1 heterocycles. The summed E-state index contributed by atoms with van der Waals surface area (Å²) in [7, 11) is 0. The fourth-order valence-corrected chi connectivity index (χ4v) is 3.49. The highest BCUT2D eigenvalue weighted by Crippen LogP contribution is 2.19. The number of halogens is 3. The van der Waals surface area contributed by atoms with E-state index in [4.69, 9.17) is 4.74 Å². The van der Waals surface area contributed by atoms with Crippen molar-refractivity contribution < 1.29 is 13.9 Å². The van der Waals surface area contributed by atoms with Crippen LogP contribution in [-0.2, 0) is 0 Å². The van der Waals surface area contributed by atoms with Gasteiger partial charge in [0.15, 0.2) is 5.75 Å². The Morgan fingerprint density at radius 3 is 2.70 bits per heavy atom. The third kappa shape index (κ3) is 6.78. The molecule has 0 saturated carbocycles. The largest absolute Gasteiger partial charge is 0.487 e. The number of hydrogen-bond acceptors (Lipinski definition) is 4. The summed E-state index contributed by atoms with van der Waals surface area (Å²) in [6, 6.07) is 15.1. The maximum Gasteiger partial charge on any atom is 0.255 e. The fraction of sp³-hybridized carbons (Fsp3) is 0.273. The summed E-state index contributed by atoms with van der Waals surface area (Å²) in [5.41, 5.74) is 0.650. The van der Waals surface area contributed by atoms with Crippen molar-refractivity contribution in [3.63, 3.8) is 0 Å². The molecule has 1 aromatic heterocycles. The summed E-state index contributed by atoms with van der Waals surface area (Å²) in [6.45, 7) is 5.05. The van der Waals surface area contributed by atoms with Gasteiger partial charge in [-0.3, -0.25) is 9.69 Å². The lowest BCUT2D eigenvalue weighted by Gasteiger charge is -2.20. The molecule has 0 aliphatic rings. The van der Waals surface area contributed by atoms with Crippen LogP contribution in [0.15, 0.2) is 54.7 Å². The molecule has 0 saturated heterocycles. The molecule has 0 spiro atoms. The Labute approximate surface area is 195 Å². The van der Waals surface area contributed by atoms with Crippen molar-refractivity contribution in [3.8, 4) is 5.75 Å². The van der Waals surface area contributed by atoms with Crippen LogP contribution in [0.3, 0.4) is 0 Å². The summed E-state index contributed by atoms with van der Waals surface area (Å²) < 4.78 is 20.1. The number of fused-ring (bicyclic) bond motifs is 1. The molecule has 0 unspecified atom stereocenters. The summed E-state index contributed by atoms with van der Waals surface area (Å²) in [4.78, 5) is 18.2. The maximum absolute atomic E-state index is 13.5. The average Bonchev–Trinajstić information content (AvgIpc) is 2.73. The molecular weight excluding hydrogens is 518 g/mol. The molecule has 0 fully saturated rings. The Morgan fingerprint density at radius 2 is 1.93 bits per heavy atom. The van der Waals surface area contributed by atoms with Crippen LogP contribution in [0.2, 0.25) is 0 Å². The van der Waals surface area contributed by atoms with Gasteiger partial charge in [0, 0.05) is 35.0 Å². The molecule has 30 heavy (non-hydrogen) atoms. The molecule has 0 aliphatic carbocycles. The number of aromatic nitrogens is 1. The first-order valence-corrected chi connectivity index (χ1v) is 10.6. The fourth-order valence-electron chi connectivity index (χ4n) is 2.98. The number of rotatable bonds is 9. The Morgan fingerprint density at radius 1 is 1.17 bits per heavy atom. The molecule has 0 radical (unpaired) electrons. The van der Waals surface area contributed by atoms with Gasteiger partial charge in [-0.15, -0.1) is 12.4 Å². The lowest BCUT2D eigenvalue weighted by molar-refractivity contribution is 0.0947. The molecule has 5 nitrogen and oxygen atoms in total. The van der Waals surface area contributed by atoms with E-state index in [1.807, 2.05) is 37.3 Å². The van der Waals surface area contributed by atoms with Crippen molar-refractivity contribution in [2.24, 2.45) is 0 Å². The van der Waals surface area contributed by atoms with Crippen LogP contribution in [0, 0.1) is 9.52 Å². The predicted octanol–water partition coefficient (Wildman–Crippen LogP) is 4.53. The van der Waals surface area contributed by atoms with Gasteiger partial charge >= 0.3 is 0 Å². The minimum atomic E-state index is -0.604. The van der Waals surface area contributed by atoms with Gasteiger partial charge < -0.3 is 10.1 Å². The number of carbonyl (C=O) groups is 1. The zero-order valence-corrected chi connectivity index (χ0v) is 19.6. The highest BCUT2D eigenvalue weighted by molar-refractivity contribution is 14.1. The predicted molar refractivity (Wildman–Crippen MR) is 128 cm³/mol. The lowest BCUT2D eigenvalue weighted by Crippen LogP contribution is -2.37. The molecule has 1 N–H and O–H groups in total. The maximum atomic E-state index is 13.5. The van der Waals surface area contributed by atoms with Crippen molar-refractivity contribution in [2.45, 2.75) is 6.92 Å². The number of pyridine rings is 1. The van der Waals surface area contributed by atoms with Gasteiger partial charge in [0.2, 0.25) is 0 Å². The summed E-state index contributed by atoms with van der Waals surface area (Å²) in [6.07, 6.45) is 1.39. The molecule has 3 rings (SSSR count). The highest BCUT2D eigenvalue weighted by Gasteiger charge is 2.09. The van der Waals surface area contributed by atoms with E-state index in [2.05, 4.69) is 43.9 Å². The zero-order valence-electron chi connectivity index (χ0n) is 16.6. The topological polar surface area (TPSA) is 54.5 Å². The van der Waals surface area contributed by atoms with Crippen molar-refractivity contribution in [3.05, 3.63) is 69.8 Å². The van der Waals surface area contributed by atoms with E-state index in [0.29, 0.717) is 31.8 Å². The second-order valence-electron chi connectivity index (χ2n) is 6.54. The molecule has 8 heteroatoms. The van der Waals surface area contributed by atoms with E-state index in [9.17, 15) is 9.18 Å². The quantitative estimate of drug-likeness (QED) is 0.320. The van der Waals surface area contributed by atoms with E-state index < -0.39 is 5.95 Å². The van der Waals surface area contributed by atoms with Crippen LogP contribution in [0.5, 0.6) is 5.75 Å². The van der Waals surface area contributed by atoms with Gasteiger partial charge in [-0.1, -0.05) is 19.1 Å². The molecule has 160 valence electrons. The Kier molecular flexibility index (Phi) is 9.74. The first kappa shape index (κ1) is 24.3. The Balaban J connectivity index is 0.00000320. The molecule has 0 atom stereocenters. The van der Waals surface area contributed by atoms with Crippen LogP contribution in [0.4, 0.5) is 4.39 Å². The molecule has 0 bridgehead atoms. The SMILES string of the molecule is CCN(CCNC(=O)c1ccc2cc([125I])ccc2c1)CCOc1cccnc1F.Cl. The molecule has 0 aliphatic heterocycles. The molecule has 3 aromatic rings. The first-order valence-electron chi connectivity index (χ1n) is 9.50. The minimum Gasteiger partial charge on any atom is -0.487 e. The normalized spacial score (nSPS) is 10.7. The number of hydrogen-bond donors (Lipinski definition) is 1. The van der Waals surface area contributed by atoms with Crippen molar-refractivity contribution in [1.29, 1.82) is 0 Å². The van der Waals surface area contributed by atoms with E-state index in [-0.39, 0.29) is 24.1 Å². The summed E-state index contributed by atoms with van der Waals surface area (Å²) >= 11 is 2.28. The van der Waals surface area contributed by atoms with Crippen LogP contribution >= 0.6 is 35.0 Å². The molecule has 1 amide bonds. The third-order valence-corrected chi connectivity index (χ3v) is 5.29. The van der Waals surface area contributed by atoms with Crippen LogP contribution in [-0.4, -0.2) is 48.6 Å². The van der Waals surface area contributed by atoms with Crippen molar-refractivity contribution >= 4 is 51.7 Å². The second-order valence-corrected chi connectivity index (χ2v) is 7.78. The van der Waals surface area contributed by atoms with E-state index >= 15 is 0 Å². The van der Waals surface area contributed by atoms with Gasteiger partial charge in [-0.25, -0.2) is 4.98 Å². The van der Waals surface area contributed by atoms with E-state index in [0.717, 1.165) is 17.3 Å². The zero-order chi connectivity index (χ0) is 20.6. The van der Waals surface area contributed by atoms with E-state index in [1.165, 1.54) is 9.77 Å².